The largest absolute Gasteiger partial charge is 0.493 e. The van der Waals surface area contributed by atoms with E-state index in [0.717, 1.165) is 11.6 Å². The van der Waals surface area contributed by atoms with Crippen molar-refractivity contribution in [1.29, 1.82) is 0 Å². The van der Waals surface area contributed by atoms with Gasteiger partial charge in [-0.2, -0.15) is 17.5 Å². The molecule has 1 fully saturated rings. The van der Waals surface area contributed by atoms with Crippen molar-refractivity contribution in [3.8, 4) is 28.4 Å². The van der Waals surface area contributed by atoms with E-state index in [4.69, 9.17) is 14.2 Å². The zero-order valence-electron chi connectivity index (χ0n) is 24.1. The second kappa shape index (κ2) is 12.8. The third-order valence-electron chi connectivity index (χ3n) is 7.34. The number of sulfonamides is 1. The molecule has 0 aromatic heterocycles. The van der Waals surface area contributed by atoms with E-state index >= 15 is 0 Å². The summed E-state index contributed by atoms with van der Waals surface area (Å²) in [7, 11) is -1.61. The Morgan fingerprint density at radius 1 is 1.00 bits per heavy atom. The van der Waals surface area contributed by atoms with Crippen molar-refractivity contribution >= 4 is 15.9 Å². The highest BCUT2D eigenvalue weighted by Gasteiger charge is 2.36. The van der Waals surface area contributed by atoms with Gasteiger partial charge < -0.3 is 14.2 Å². The average Bonchev–Trinajstić information content (AvgIpc) is 2.99. The van der Waals surface area contributed by atoms with E-state index in [1.165, 1.54) is 42.2 Å². The summed E-state index contributed by atoms with van der Waals surface area (Å²) in [5, 5.41) is 9.24. The van der Waals surface area contributed by atoms with Gasteiger partial charge in [-0.1, -0.05) is 38.1 Å². The molecule has 13 heteroatoms. The number of hydrogen-bond donors (Lipinski definition) is 2. The summed E-state index contributed by atoms with van der Waals surface area (Å²) in [6, 6.07) is 13.1. The predicted octanol–water partition coefficient (Wildman–Crippen LogP) is 5.86. The van der Waals surface area contributed by atoms with Crippen molar-refractivity contribution in [2.75, 3.05) is 27.3 Å². The molecule has 1 amide bonds. The van der Waals surface area contributed by atoms with Crippen LogP contribution in [0.15, 0.2) is 59.5 Å². The molecule has 0 bridgehead atoms. The lowest BCUT2D eigenvalue weighted by Crippen LogP contribution is -2.42. The SMILES string of the molecule is COc1ccc(S(=O)(=O)N2CCC(Oc3ccc(-c4cc(C(C)C)ccc4C(F)(F)F)cc3)CC2)c(C(=O)NO)c1OC. The van der Waals surface area contributed by atoms with Crippen LogP contribution in [0.1, 0.15) is 54.1 Å². The Hall–Kier alpha value is -3.81. The van der Waals surface area contributed by atoms with Crippen LogP contribution in [0, 0.1) is 0 Å². The monoisotopic (exact) mass is 622 g/mol. The van der Waals surface area contributed by atoms with Crippen LogP contribution in [0.2, 0.25) is 0 Å². The van der Waals surface area contributed by atoms with Crippen molar-refractivity contribution in [3.63, 3.8) is 0 Å². The van der Waals surface area contributed by atoms with Gasteiger partial charge in [0.2, 0.25) is 10.0 Å². The Labute approximate surface area is 248 Å². The van der Waals surface area contributed by atoms with E-state index in [9.17, 15) is 31.6 Å². The summed E-state index contributed by atoms with van der Waals surface area (Å²) >= 11 is 0. The number of methoxy groups -OCH3 is 2. The van der Waals surface area contributed by atoms with Crippen LogP contribution in [-0.4, -0.2) is 57.3 Å². The average molecular weight is 623 g/mol. The first kappa shape index (κ1) is 32.1. The summed E-state index contributed by atoms with van der Waals surface area (Å²) in [5.74, 6) is -0.603. The molecule has 0 unspecified atom stereocenters. The van der Waals surface area contributed by atoms with Crippen molar-refractivity contribution < 1.29 is 45.8 Å². The number of piperidine rings is 1. The molecule has 9 nitrogen and oxygen atoms in total. The number of rotatable bonds is 9. The number of nitrogens with one attached hydrogen (secondary N) is 1. The molecule has 0 spiro atoms. The molecule has 0 saturated carbocycles. The van der Waals surface area contributed by atoms with Gasteiger partial charge in [0.05, 0.1) is 24.7 Å². The van der Waals surface area contributed by atoms with E-state index in [-0.39, 0.29) is 47.1 Å². The Morgan fingerprint density at radius 3 is 2.19 bits per heavy atom. The number of halogens is 3. The standard InChI is InChI=1S/C30H33F3N2O7S/c1-18(2)20-7-10-24(30(31,32)33)23(17-20)19-5-8-21(9-6-19)42-22-13-15-35(16-14-22)43(38,39)26-12-11-25(40-3)28(41-4)27(26)29(36)34-37/h5-12,17-18,22,37H,13-16H2,1-4H3,(H,34,36). The smallest absolute Gasteiger partial charge is 0.417 e. The molecule has 1 saturated heterocycles. The van der Waals surface area contributed by atoms with Gasteiger partial charge in [-0.3, -0.25) is 10.0 Å². The minimum atomic E-state index is -4.51. The molecule has 1 heterocycles. The summed E-state index contributed by atoms with van der Waals surface area (Å²) in [4.78, 5) is 12.1. The fourth-order valence-corrected chi connectivity index (χ4v) is 6.69. The Bertz CT molecular complexity index is 1570. The van der Waals surface area contributed by atoms with Crippen molar-refractivity contribution in [1.82, 2.24) is 9.79 Å². The molecular formula is C30H33F3N2O7S. The zero-order valence-corrected chi connectivity index (χ0v) is 24.9. The minimum Gasteiger partial charge on any atom is -0.493 e. The Balaban J connectivity index is 1.49. The lowest BCUT2D eigenvalue weighted by atomic mass is 9.93. The van der Waals surface area contributed by atoms with Crippen LogP contribution in [0.4, 0.5) is 13.2 Å². The van der Waals surface area contributed by atoms with Gasteiger partial charge in [0.15, 0.2) is 11.5 Å². The molecule has 0 atom stereocenters. The maximum Gasteiger partial charge on any atom is 0.417 e. The Morgan fingerprint density at radius 2 is 1.65 bits per heavy atom. The fourth-order valence-electron chi connectivity index (χ4n) is 5.04. The highest BCUT2D eigenvalue weighted by Crippen LogP contribution is 2.40. The van der Waals surface area contributed by atoms with E-state index in [1.807, 2.05) is 13.8 Å². The maximum atomic E-state index is 13.7. The lowest BCUT2D eigenvalue weighted by Gasteiger charge is -2.32. The van der Waals surface area contributed by atoms with E-state index in [0.29, 0.717) is 24.2 Å². The molecule has 0 radical (unpaired) electrons. The van der Waals surface area contributed by atoms with Crippen LogP contribution in [-0.2, 0) is 16.2 Å². The van der Waals surface area contributed by atoms with Gasteiger partial charge >= 0.3 is 6.18 Å². The highest BCUT2D eigenvalue weighted by molar-refractivity contribution is 7.89. The molecule has 3 aromatic rings. The maximum absolute atomic E-state index is 13.7. The number of alkyl halides is 3. The number of carbonyl (C=O) groups is 1. The fraction of sp³-hybridized carbons (Fsp3) is 0.367. The van der Waals surface area contributed by atoms with Gasteiger partial charge in [0.25, 0.3) is 5.91 Å². The summed E-state index contributed by atoms with van der Waals surface area (Å²) in [6.45, 7) is 3.99. The quantitative estimate of drug-likeness (QED) is 0.227. The van der Waals surface area contributed by atoms with Gasteiger partial charge in [-0.15, -0.1) is 0 Å². The molecule has 1 aliphatic rings. The number of nitrogens with zero attached hydrogens (tertiary/aromatic N) is 1. The lowest BCUT2D eigenvalue weighted by molar-refractivity contribution is -0.137. The van der Waals surface area contributed by atoms with Gasteiger partial charge in [-0.25, -0.2) is 13.9 Å². The normalized spacial score (nSPS) is 14.9. The molecule has 232 valence electrons. The molecule has 0 aliphatic carbocycles. The van der Waals surface area contributed by atoms with E-state index < -0.39 is 33.2 Å². The van der Waals surface area contributed by atoms with Crippen LogP contribution in [0.5, 0.6) is 17.2 Å². The number of hydroxylamine groups is 1. The number of amides is 1. The second-order valence-electron chi connectivity index (χ2n) is 10.3. The van der Waals surface area contributed by atoms with Crippen molar-refractivity contribution in [2.45, 2.75) is 49.8 Å². The molecular weight excluding hydrogens is 589 g/mol. The van der Waals surface area contributed by atoms with Crippen LogP contribution in [0.3, 0.4) is 0 Å². The number of hydrogen-bond acceptors (Lipinski definition) is 7. The van der Waals surface area contributed by atoms with E-state index in [1.54, 1.807) is 30.3 Å². The molecule has 2 N–H and O–H groups in total. The summed E-state index contributed by atoms with van der Waals surface area (Å²) < 4.78 is 85.9. The molecule has 43 heavy (non-hydrogen) atoms. The highest BCUT2D eigenvalue weighted by atomic mass is 32.2. The topological polar surface area (TPSA) is 114 Å². The van der Waals surface area contributed by atoms with E-state index in [2.05, 4.69) is 0 Å². The number of benzene rings is 3. The minimum absolute atomic E-state index is 0.0588. The van der Waals surface area contributed by atoms with Crippen LogP contribution in [0.25, 0.3) is 11.1 Å². The molecule has 1 aliphatic heterocycles. The first-order valence-electron chi connectivity index (χ1n) is 13.5. The van der Waals surface area contributed by atoms with Crippen molar-refractivity contribution in [3.05, 3.63) is 71.3 Å². The van der Waals surface area contributed by atoms with Crippen LogP contribution >= 0.6 is 0 Å². The second-order valence-corrected chi connectivity index (χ2v) is 12.2. The van der Waals surface area contributed by atoms with Gasteiger partial charge in [-0.05, 0) is 65.8 Å². The molecule has 4 rings (SSSR count). The number of carbonyl (C=O) groups excluding carboxylic acids is 1. The summed E-state index contributed by atoms with van der Waals surface area (Å²) in [6.07, 6.45) is -4.21. The summed E-state index contributed by atoms with van der Waals surface area (Å²) in [5.41, 5.74) is 1.64. The van der Waals surface area contributed by atoms with Gasteiger partial charge in [0.1, 0.15) is 17.4 Å². The third-order valence-corrected chi connectivity index (χ3v) is 9.28. The van der Waals surface area contributed by atoms with Gasteiger partial charge in [0, 0.05) is 13.1 Å². The first-order chi connectivity index (χ1) is 20.3. The van der Waals surface area contributed by atoms with Crippen molar-refractivity contribution in [2.24, 2.45) is 0 Å². The third kappa shape index (κ3) is 6.73. The predicted molar refractivity (Wildman–Crippen MR) is 152 cm³/mol. The first-order valence-corrected chi connectivity index (χ1v) is 14.9. The Kier molecular flexibility index (Phi) is 9.57. The van der Waals surface area contributed by atoms with Crippen LogP contribution < -0.4 is 19.7 Å². The zero-order chi connectivity index (χ0) is 31.5. The number of ether oxygens (including phenoxy) is 3. The molecule has 3 aromatic carbocycles.